The van der Waals surface area contributed by atoms with E-state index < -0.39 is 0 Å². The van der Waals surface area contributed by atoms with E-state index in [0.29, 0.717) is 23.0 Å². The number of para-hydroxylation sites is 1. The molecule has 0 radical (unpaired) electrons. The van der Waals surface area contributed by atoms with Gasteiger partial charge in [0.05, 0.1) is 28.8 Å². The SMILES string of the molecule is CCOc1cc(C=C(C#N)Sc2nc3ccccc3s2)ccc1OC. The van der Waals surface area contributed by atoms with Gasteiger partial charge in [0.25, 0.3) is 0 Å². The van der Waals surface area contributed by atoms with E-state index in [9.17, 15) is 5.26 Å². The molecule has 2 aromatic carbocycles. The van der Waals surface area contributed by atoms with E-state index >= 15 is 0 Å². The van der Waals surface area contributed by atoms with Crippen LogP contribution >= 0.6 is 23.1 Å². The van der Waals surface area contributed by atoms with Gasteiger partial charge in [-0.15, -0.1) is 11.3 Å². The number of allylic oxidation sites excluding steroid dienone is 1. The summed E-state index contributed by atoms with van der Waals surface area (Å²) in [5, 5.41) is 9.48. The van der Waals surface area contributed by atoms with Gasteiger partial charge in [0.15, 0.2) is 15.8 Å². The number of rotatable bonds is 6. The fourth-order valence-electron chi connectivity index (χ4n) is 2.28. The molecule has 25 heavy (non-hydrogen) atoms. The molecule has 3 rings (SSSR count). The monoisotopic (exact) mass is 368 g/mol. The molecule has 0 bridgehead atoms. The predicted molar refractivity (Wildman–Crippen MR) is 103 cm³/mol. The average molecular weight is 368 g/mol. The van der Waals surface area contributed by atoms with Crippen molar-refractivity contribution in [2.75, 3.05) is 13.7 Å². The lowest BCUT2D eigenvalue weighted by molar-refractivity contribution is 0.311. The van der Waals surface area contributed by atoms with Gasteiger partial charge < -0.3 is 9.47 Å². The maximum Gasteiger partial charge on any atom is 0.161 e. The Morgan fingerprint density at radius 3 is 2.84 bits per heavy atom. The molecule has 0 N–H and O–H groups in total. The molecule has 1 heterocycles. The Hall–Kier alpha value is -2.49. The first-order valence-corrected chi connectivity index (χ1v) is 9.33. The smallest absolute Gasteiger partial charge is 0.161 e. The molecule has 0 aliphatic heterocycles. The Bertz CT molecular complexity index is 924. The molecule has 6 heteroatoms. The summed E-state index contributed by atoms with van der Waals surface area (Å²) in [5.74, 6) is 1.34. The van der Waals surface area contributed by atoms with Crippen LogP contribution in [0.5, 0.6) is 11.5 Å². The first-order chi connectivity index (χ1) is 12.2. The maximum atomic E-state index is 9.48. The van der Waals surface area contributed by atoms with E-state index in [1.54, 1.807) is 18.4 Å². The highest BCUT2D eigenvalue weighted by Crippen LogP contribution is 2.35. The van der Waals surface area contributed by atoms with Crippen LogP contribution in [0.3, 0.4) is 0 Å². The molecule has 3 aromatic rings. The molecule has 0 saturated heterocycles. The van der Waals surface area contributed by atoms with Gasteiger partial charge >= 0.3 is 0 Å². The van der Waals surface area contributed by atoms with Crippen LogP contribution in [-0.4, -0.2) is 18.7 Å². The minimum Gasteiger partial charge on any atom is -0.493 e. The van der Waals surface area contributed by atoms with Gasteiger partial charge in [0, 0.05) is 0 Å². The van der Waals surface area contributed by atoms with Crippen molar-refractivity contribution in [3.05, 3.63) is 52.9 Å². The second-order valence-electron chi connectivity index (χ2n) is 5.01. The first kappa shape index (κ1) is 17.3. The number of hydrogen-bond acceptors (Lipinski definition) is 6. The molecule has 0 atom stereocenters. The Labute approximate surface area is 154 Å². The highest BCUT2D eigenvalue weighted by Gasteiger charge is 2.09. The molecular formula is C19H16N2O2S2. The van der Waals surface area contributed by atoms with Crippen molar-refractivity contribution in [2.24, 2.45) is 0 Å². The third-order valence-corrected chi connectivity index (χ3v) is 5.39. The number of fused-ring (bicyclic) bond motifs is 1. The van der Waals surface area contributed by atoms with Crippen molar-refractivity contribution < 1.29 is 9.47 Å². The molecule has 0 fully saturated rings. The lowest BCUT2D eigenvalue weighted by atomic mass is 10.2. The minimum atomic E-state index is 0.551. The Balaban J connectivity index is 1.87. The molecule has 0 saturated carbocycles. The van der Waals surface area contributed by atoms with Crippen molar-refractivity contribution in [1.29, 1.82) is 5.26 Å². The fraction of sp³-hybridized carbons (Fsp3) is 0.158. The van der Waals surface area contributed by atoms with Crippen LogP contribution in [0.1, 0.15) is 12.5 Å². The summed E-state index contributed by atoms with van der Waals surface area (Å²) in [6.45, 7) is 2.47. The Morgan fingerprint density at radius 1 is 1.28 bits per heavy atom. The van der Waals surface area contributed by atoms with Crippen LogP contribution in [0.25, 0.3) is 16.3 Å². The van der Waals surface area contributed by atoms with Crippen molar-refractivity contribution in [3.8, 4) is 17.6 Å². The average Bonchev–Trinajstić information content (AvgIpc) is 3.04. The third-order valence-electron chi connectivity index (χ3n) is 3.37. The minimum absolute atomic E-state index is 0.551. The number of ether oxygens (including phenoxy) is 2. The van der Waals surface area contributed by atoms with Crippen LogP contribution in [0.15, 0.2) is 51.7 Å². The molecule has 126 valence electrons. The van der Waals surface area contributed by atoms with Crippen LogP contribution in [0.2, 0.25) is 0 Å². The summed E-state index contributed by atoms with van der Waals surface area (Å²) in [6.07, 6.45) is 1.83. The van der Waals surface area contributed by atoms with Gasteiger partial charge in [-0.2, -0.15) is 5.26 Å². The highest BCUT2D eigenvalue weighted by atomic mass is 32.2. The predicted octanol–water partition coefficient (Wildman–Crippen LogP) is 5.36. The number of nitrogens with zero attached hydrogens (tertiary/aromatic N) is 2. The molecule has 0 spiro atoms. The number of nitriles is 1. The fourth-order valence-corrected chi connectivity index (χ4v) is 4.25. The number of benzene rings is 2. The third kappa shape index (κ3) is 4.13. The van der Waals surface area contributed by atoms with Gasteiger partial charge in [-0.05, 0) is 54.6 Å². The Morgan fingerprint density at radius 2 is 2.12 bits per heavy atom. The normalized spacial score (nSPS) is 11.3. The second-order valence-corrected chi connectivity index (χ2v) is 7.33. The maximum absolute atomic E-state index is 9.48. The standard InChI is InChI=1S/C19H16N2O2S2/c1-3-23-17-11-13(8-9-16(17)22-2)10-14(12-20)24-19-21-15-6-4-5-7-18(15)25-19/h4-11H,3H2,1-2H3. The Kier molecular flexibility index (Phi) is 5.59. The van der Waals surface area contributed by atoms with Crippen molar-refractivity contribution in [2.45, 2.75) is 11.3 Å². The molecule has 0 aliphatic carbocycles. The van der Waals surface area contributed by atoms with E-state index in [4.69, 9.17) is 9.47 Å². The van der Waals surface area contributed by atoms with Gasteiger partial charge in [-0.1, -0.05) is 18.2 Å². The van der Waals surface area contributed by atoms with E-state index in [1.165, 1.54) is 11.8 Å². The van der Waals surface area contributed by atoms with Crippen LogP contribution in [-0.2, 0) is 0 Å². The summed E-state index contributed by atoms with van der Waals surface area (Å²) in [4.78, 5) is 5.14. The van der Waals surface area contributed by atoms with Crippen LogP contribution < -0.4 is 9.47 Å². The quantitative estimate of drug-likeness (QED) is 0.433. The molecule has 4 nitrogen and oxygen atoms in total. The molecule has 0 amide bonds. The van der Waals surface area contributed by atoms with Crippen molar-refractivity contribution in [1.82, 2.24) is 4.98 Å². The number of thioether (sulfide) groups is 1. The summed E-state index contributed by atoms with van der Waals surface area (Å²) in [7, 11) is 1.61. The lowest BCUT2D eigenvalue weighted by Gasteiger charge is -2.09. The van der Waals surface area contributed by atoms with E-state index in [1.807, 2.05) is 55.5 Å². The highest BCUT2D eigenvalue weighted by molar-refractivity contribution is 8.05. The van der Waals surface area contributed by atoms with Crippen LogP contribution in [0.4, 0.5) is 0 Å². The zero-order valence-electron chi connectivity index (χ0n) is 13.9. The van der Waals surface area contributed by atoms with Crippen LogP contribution in [0, 0.1) is 11.3 Å². The van der Waals surface area contributed by atoms with Gasteiger partial charge in [0.2, 0.25) is 0 Å². The van der Waals surface area contributed by atoms with Gasteiger partial charge in [-0.25, -0.2) is 4.98 Å². The number of methoxy groups -OCH3 is 1. The van der Waals surface area contributed by atoms with Gasteiger partial charge in [0.1, 0.15) is 6.07 Å². The molecule has 1 aromatic heterocycles. The van der Waals surface area contributed by atoms with Gasteiger partial charge in [-0.3, -0.25) is 0 Å². The summed E-state index contributed by atoms with van der Waals surface area (Å²) >= 11 is 2.96. The van der Waals surface area contributed by atoms with Crippen molar-refractivity contribution >= 4 is 39.4 Å². The molecule has 0 aliphatic rings. The second kappa shape index (κ2) is 8.06. The molecule has 0 unspecified atom stereocenters. The summed E-state index contributed by atoms with van der Waals surface area (Å²) < 4.78 is 12.8. The lowest BCUT2D eigenvalue weighted by Crippen LogP contribution is -1.95. The van der Waals surface area contributed by atoms with E-state index in [2.05, 4.69) is 11.1 Å². The van der Waals surface area contributed by atoms with E-state index in [0.717, 1.165) is 20.1 Å². The first-order valence-electron chi connectivity index (χ1n) is 7.69. The topological polar surface area (TPSA) is 55.1 Å². The zero-order valence-corrected chi connectivity index (χ0v) is 15.5. The summed E-state index contributed by atoms with van der Waals surface area (Å²) in [6, 6.07) is 15.8. The number of aromatic nitrogens is 1. The van der Waals surface area contributed by atoms with E-state index in [-0.39, 0.29) is 0 Å². The summed E-state index contributed by atoms with van der Waals surface area (Å²) in [5.41, 5.74) is 1.84. The molecular weight excluding hydrogens is 352 g/mol. The number of hydrogen-bond donors (Lipinski definition) is 0. The largest absolute Gasteiger partial charge is 0.493 e. The van der Waals surface area contributed by atoms with Crippen molar-refractivity contribution in [3.63, 3.8) is 0 Å². The number of thiazole rings is 1. The zero-order chi connectivity index (χ0) is 17.6.